The summed E-state index contributed by atoms with van der Waals surface area (Å²) in [5.41, 5.74) is 0.526. The Balaban J connectivity index is 1.33. The lowest BCUT2D eigenvalue weighted by Gasteiger charge is -2.35. The number of amides is 1. The number of rotatable bonds is 7. The van der Waals surface area contributed by atoms with E-state index in [1.54, 1.807) is 17.0 Å². The van der Waals surface area contributed by atoms with Crippen LogP contribution in [0.15, 0.2) is 23.4 Å². The fraction of sp³-hybridized carbons (Fsp3) is 0.526. The maximum absolute atomic E-state index is 12.7. The molecule has 2 fully saturated rings. The van der Waals surface area contributed by atoms with E-state index in [0.29, 0.717) is 48.6 Å². The summed E-state index contributed by atoms with van der Waals surface area (Å²) in [6, 6.07) is 4.69. The fourth-order valence-corrected chi connectivity index (χ4v) is 4.75. The highest BCUT2D eigenvalue weighted by Gasteiger charge is 2.30. The Labute approximate surface area is 183 Å². The van der Waals surface area contributed by atoms with Crippen LogP contribution in [0.5, 0.6) is 0 Å². The molecule has 0 radical (unpaired) electrons. The van der Waals surface area contributed by atoms with Gasteiger partial charge < -0.3 is 14.4 Å². The van der Waals surface area contributed by atoms with E-state index in [1.807, 2.05) is 4.90 Å². The lowest BCUT2D eigenvalue weighted by atomic mass is 10.2. The topological polar surface area (TPSA) is 97.4 Å². The summed E-state index contributed by atoms with van der Waals surface area (Å²) >= 11 is 7.33. The second kappa shape index (κ2) is 8.81. The Morgan fingerprint density at radius 3 is 2.63 bits per heavy atom. The molecule has 30 heavy (non-hydrogen) atoms. The highest BCUT2D eigenvalue weighted by Crippen LogP contribution is 2.40. The van der Waals surface area contributed by atoms with Gasteiger partial charge in [0.15, 0.2) is 5.16 Å². The van der Waals surface area contributed by atoms with Gasteiger partial charge in [-0.1, -0.05) is 23.4 Å². The smallest absolute Gasteiger partial charge is 0.294 e. The van der Waals surface area contributed by atoms with Crippen molar-refractivity contribution in [1.82, 2.24) is 19.7 Å². The van der Waals surface area contributed by atoms with Gasteiger partial charge in [-0.2, -0.15) is 0 Å². The van der Waals surface area contributed by atoms with Gasteiger partial charge in [-0.25, -0.2) is 0 Å². The van der Waals surface area contributed by atoms with Gasteiger partial charge in [0, 0.05) is 49.7 Å². The molecular formula is C19H23ClN6O3S. The van der Waals surface area contributed by atoms with Crippen molar-refractivity contribution in [2.45, 2.75) is 37.4 Å². The minimum absolute atomic E-state index is 0.0109. The van der Waals surface area contributed by atoms with E-state index in [0.717, 1.165) is 30.4 Å². The minimum atomic E-state index is -0.421. The predicted octanol–water partition coefficient (Wildman–Crippen LogP) is 3.18. The number of hydrogen-bond donors (Lipinski definition) is 0. The molecule has 2 aromatic rings. The van der Waals surface area contributed by atoms with Crippen molar-refractivity contribution in [3.8, 4) is 0 Å². The molecule has 160 valence electrons. The third-order valence-corrected chi connectivity index (χ3v) is 6.62. The molecule has 1 aliphatic carbocycles. The minimum Gasteiger partial charge on any atom is -0.362 e. The number of thioether (sulfide) groups is 1. The SMILES string of the molecule is CCn1c(SCC(=O)N2CCN(c3ccc(Cl)cc3[N+](=O)[O-])CC2)nnc1C1CC1. The lowest BCUT2D eigenvalue weighted by molar-refractivity contribution is -0.384. The van der Waals surface area contributed by atoms with E-state index >= 15 is 0 Å². The zero-order valence-corrected chi connectivity index (χ0v) is 18.2. The first-order valence-electron chi connectivity index (χ1n) is 10.0. The molecule has 11 heteroatoms. The molecule has 1 saturated heterocycles. The average molecular weight is 451 g/mol. The average Bonchev–Trinajstić information content (AvgIpc) is 3.51. The zero-order valence-electron chi connectivity index (χ0n) is 16.7. The van der Waals surface area contributed by atoms with Crippen LogP contribution in [0.4, 0.5) is 11.4 Å². The number of nitro groups is 1. The van der Waals surface area contributed by atoms with Gasteiger partial charge in [-0.05, 0) is 31.9 Å². The third kappa shape index (κ3) is 4.39. The van der Waals surface area contributed by atoms with E-state index in [2.05, 4.69) is 21.7 Å². The molecule has 0 bridgehead atoms. The molecule has 1 aromatic carbocycles. The van der Waals surface area contributed by atoms with Crippen molar-refractivity contribution >= 4 is 40.6 Å². The summed E-state index contributed by atoms with van der Waals surface area (Å²) in [7, 11) is 0. The maximum atomic E-state index is 12.7. The monoisotopic (exact) mass is 450 g/mol. The first-order chi connectivity index (χ1) is 14.5. The summed E-state index contributed by atoms with van der Waals surface area (Å²) in [5, 5.41) is 21.1. The van der Waals surface area contributed by atoms with Crippen molar-refractivity contribution in [3.05, 3.63) is 39.2 Å². The zero-order chi connectivity index (χ0) is 21.3. The van der Waals surface area contributed by atoms with Crippen molar-refractivity contribution in [1.29, 1.82) is 0 Å². The van der Waals surface area contributed by atoms with Gasteiger partial charge in [-0.15, -0.1) is 10.2 Å². The number of nitro benzene ring substituents is 1. The lowest BCUT2D eigenvalue weighted by Crippen LogP contribution is -2.49. The molecule has 0 spiro atoms. The fourth-order valence-electron chi connectivity index (χ4n) is 3.67. The van der Waals surface area contributed by atoms with Crippen molar-refractivity contribution in [2.75, 3.05) is 36.8 Å². The molecule has 2 heterocycles. The molecule has 1 saturated carbocycles. The molecule has 4 rings (SSSR count). The predicted molar refractivity (Wildman–Crippen MR) is 115 cm³/mol. The first-order valence-corrected chi connectivity index (χ1v) is 11.4. The highest BCUT2D eigenvalue weighted by atomic mass is 35.5. The second-order valence-corrected chi connectivity index (χ2v) is 8.78. The largest absolute Gasteiger partial charge is 0.362 e. The van der Waals surface area contributed by atoms with Crippen molar-refractivity contribution < 1.29 is 9.72 Å². The quantitative estimate of drug-likeness (QED) is 0.363. The molecule has 1 aromatic heterocycles. The van der Waals surface area contributed by atoms with E-state index in [9.17, 15) is 14.9 Å². The number of aromatic nitrogens is 3. The number of nitrogens with zero attached hydrogens (tertiary/aromatic N) is 6. The Morgan fingerprint density at radius 1 is 1.27 bits per heavy atom. The van der Waals surface area contributed by atoms with Crippen molar-refractivity contribution in [2.24, 2.45) is 0 Å². The highest BCUT2D eigenvalue weighted by molar-refractivity contribution is 7.99. The number of carbonyl (C=O) groups excluding carboxylic acids is 1. The normalized spacial score (nSPS) is 16.7. The van der Waals surface area contributed by atoms with E-state index in [-0.39, 0.29) is 11.6 Å². The number of halogens is 1. The molecule has 0 N–H and O–H groups in total. The summed E-state index contributed by atoms with van der Waals surface area (Å²) in [5.74, 6) is 1.91. The Morgan fingerprint density at radius 2 is 2.00 bits per heavy atom. The molecule has 1 amide bonds. The van der Waals surface area contributed by atoms with E-state index < -0.39 is 4.92 Å². The summed E-state index contributed by atoms with van der Waals surface area (Å²) in [4.78, 5) is 27.4. The molecule has 0 unspecified atom stereocenters. The van der Waals surface area contributed by atoms with Crippen LogP contribution in [0, 0.1) is 10.1 Å². The van der Waals surface area contributed by atoms with Gasteiger partial charge >= 0.3 is 0 Å². The van der Waals surface area contributed by atoms with E-state index in [4.69, 9.17) is 11.6 Å². The molecule has 2 aliphatic rings. The molecule has 9 nitrogen and oxygen atoms in total. The number of anilines is 1. The van der Waals surface area contributed by atoms with Crippen LogP contribution < -0.4 is 4.90 Å². The van der Waals surface area contributed by atoms with Gasteiger partial charge in [0.25, 0.3) is 5.69 Å². The third-order valence-electron chi connectivity index (χ3n) is 5.44. The van der Waals surface area contributed by atoms with Gasteiger partial charge in [0.2, 0.25) is 5.91 Å². The first kappa shape index (κ1) is 20.9. The maximum Gasteiger partial charge on any atom is 0.294 e. The van der Waals surface area contributed by atoms with Gasteiger partial charge in [0.1, 0.15) is 11.5 Å². The van der Waals surface area contributed by atoms with Gasteiger partial charge in [-0.3, -0.25) is 14.9 Å². The standard InChI is InChI=1S/C19H23ClN6O3S/c1-2-25-18(13-3-4-13)21-22-19(25)30-12-17(27)24-9-7-23(8-10-24)15-6-5-14(20)11-16(15)26(28)29/h5-6,11,13H,2-4,7-10,12H2,1H3. The Kier molecular flexibility index (Phi) is 6.14. The number of benzene rings is 1. The number of carbonyl (C=O) groups is 1. The van der Waals surface area contributed by atoms with Crippen LogP contribution in [-0.2, 0) is 11.3 Å². The van der Waals surface area contributed by atoms with Crippen LogP contribution >= 0.6 is 23.4 Å². The molecule has 0 atom stereocenters. The summed E-state index contributed by atoms with van der Waals surface area (Å²) in [6.07, 6.45) is 2.33. The summed E-state index contributed by atoms with van der Waals surface area (Å²) < 4.78 is 2.10. The summed E-state index contributed by atoms with van der Waals surface area (Å²) in [6.45, 7) is 4.98. The molecular weight excluding hydrogens is 428 g/mol. The number of piperazine rings is 1. The van der Waals surface area contributed by atoms with Crippen LogP contribution in [-0.4, -0.2) is 62.4 Å². The van der Waals surface area contributed by atoms with Crippen LogP contribution in [0.1, 0.15) is 31.5 Å². The Bertz CT molecular complexity index is 956. The van der Waals surface area contributed by atoms with Crippen LogP contribution in [0.2, 0.25) is 5.02 Å². The van der Waals surface area contributed by atoms with Crippen molar-refractivity contribution in [3.63, 3.8) is 0 Å². The van der Waals surface area contributed by atoms with Gasteiger partial charge in [0.05, 0.1) is 10.7 Å². The van der Waals surface area contributed by atoms with E-state index in [1.165, 1.54) is 17.8 Å². The van der Waals surface area contributed by atoms with Crippen LogP contribution in [0.3, 0.4) is 0 Å². The second-order valence-electron chi connectivity index (χ2n) is 7.41. The number of hydrogen-bond acceptors (Lipinski definition) is 7. The van der Waals surface area contributed by atoms with Crippen LogP contribution in [0.25, 0.3) is 0 Å². The molecule has 1 aliphatic heterocycles. The Hall–Kier alpha value is -2.33.